The highest BCUT2D eigenvalue weighted by atomic mass is 16.2. The fourth-order valence-corrected chi connectivity index (χ4v) is 3.55. The van der Waals surface area contributed by atoms with Gasteiger partial charge in [0, 0.05) is 16.6 Å². The van der Waals surface area contributed by atoms with Crippen LogP contribution in [0, 0.1) is 6.92 Å². The Labute approximate surface area is 130 Å². The molecule has 4 rings (SSSR count). The number of aromatic nitrogens is 1. The molecule has 0 N–H and O–H groups in total. The van der Waals surface area contributed by atoms with Crippen LogP contribution in [0.3, 0.4) is 0 Å². The summed E-state index contributed by atoms with van der Waals surface area (Å²) in [5.74, 6) is 0.0966. The van der Waals surface area contributed by atoms with Crippen LogP contribution in [-0.4, -0.2) is 10.5 Å². The Morgan fingerprint density at radius 3 is 2.50 bits per heavy atom. The van der Waals surface area contributed by atoms with Crippen LogP contribution < -0.4 is 0 Å². The first kappa shape index (κ1) is 13.3. The summed E-state index contributed by atoms with van der Waals surface area (Å²) in [5, 5.41) is 1.25. The van der Waals surface area contributed by atoms with Crippen molar-refractivity contribution < 1.29 is 4.79 Å². The Balaban J connectivity index is 1.94. The lowest BCUT2D eigenvalue weighted by atomic mass is 9.95. The van der Waals surface area contributed by atoms with Crippen LogP contribution in [0.15, 0.2) is 48.5 Å². The van der Waals surface area contributed by atoms with E-state index in [9.17, 15) is 4.79 Å². The third-order valence-electron chi connectivity index (χ3n) is 4.68. The molecule has 0 spiro atoms. The third kappa shape index (κ3) is 1.98. The van der Waals surface area contributed by atoms with Crippen LogP contribution in [0.1, 0.15) is 40.0 Å². The molecule has 0 aliphatic heterocycles. The van der Waals surface area contributed by atoms with E-state index in [1.165, 1.54) is 35.0 Å². The van der Waals surface area contributed by atoms with Crippen molar-refractivity contribution in [2.45, 2.75) is 32.6 Å². The molecule has 0 saturated carbocycles. The van der Waals surface area contributed by atoms with Gasteiger partial charge in [-0.05, 0) is 56.4 Å². The Morgan fingerprint density at radius 2 is 1.68 bits per heavy atom. The molecule has 1 aliphatic rings. The molecule has 0 unspecified atom stereocenters. The lowest BCUT2D eigenvalue weighted by Gasteiger charge is -2.15. The van der Waals surface area contributed by atoms with Gasteiger partial charge < -0.3 is 0 Å². The minimum Gasteiger partial charge on any atom is -0.280 e. The second-order valence-electron chi connectivity index (χ2n) is 6.16. The number of hydrogen-bond acceptors (Lipinski definition) is 1. The minimum absolute atomic E-state index is 0.0966. The second-order valence-corrected chi connectivity index (χ2v) is 6.16. The number of aryl methyl sites for hydroxylation is 2. The topological polar surface area (TPSA) is 22.0 Å². The molecular formula is C20H19NO. The minimum atomic E-state index is 0.0966. The summed E-state index contributed by atoms with van der Waals surface area (Å²) >= 11 is 0. The van der Waals surface area contributed by atoms with Crippen LogP contribution in [0.4, 0.5) is 0 Å². The van der Waals surface area contributed by atoms with E-state index in [1.54, 1.807) is 0 Å². The summed E-state index contributed by atoms with van der Waals surface area (Å²) in [6.07, 6.45) is 4.48. The molecular weight excluding hydrogens is 270 g/mol. The molecule has 1 heterocycles. The van der Waals surface area contributed by atoms with Crippen LogP contribution in [0.5, 0.6) is 0 Å². The van der Waals surface area contributed by atoms with E-state index < -0.39 is 0 Å². The molecule has 0 bridgehead atoms. The van der Waals surface area contributed by atoms with Crippen molar-refractivity contribution in [1.29, 1.82) is 0 Å². The second kappa shape index (κ2) is 5.13. The number of benzene rings is 2. The number of para-hydroxylation sites is 1. The molecule has 0 radical (unpaired) electrons. The highest BCUT2D eigenvalue weighted by Crippen LogP contribution is 2.32. The van der Waals surface area contributed by atoms with E-state index in [-0.39, 0.29) is 5.91 Å². The van der Waals surface area contributed by atoms with Gasteiger partial charge in [0.15, 0.2) is 0 Å². The van der Waals surface area contributed by atoms with Gasteiger partial charge in [0.1, 0.15) is 0 Å². The quantitative estimate of drug-likeness (QED) is 0.645. The van der Waals surface area contributed by atoms with E-state index in [1.807, 2.05) is 41.8 Å². The molecule has 3 aromatic rings. The Bertz CT molecular complexity index is 855. The van der Waals surface area contributed by atoms with Crippen molar-refractivity contribution in [3.8, 4) is 0 Å². The molecule has 110 valence electrons. The number of carbonyl (C=O) groups is 1. The molecule has 22 heavy (non-hydrogen) atoms. The zero-order valence-electron chi connectivity index (χ0n) is 12.8. The van der Waals surface area contributed by atoms with Crippen molar-refractivity contribution in [2.75, 3.05) is 0 Å². The van der Waals surface area contributed by atoms with Gasteiger partial charge in [-0.2, -0.15) is 0 Å². The average Bonchev–Trinajstić information content (AvgIpc) is 2.89. The van der Waals surface area contributed by atoms with E-state index >= 15 is 0 Å². The summed E-state index contributed by atoms with van der Waals surface area (Å²) in [7, 11) is 0. The van der Waals surface area contributed by atoms with Gasteiger partial charge in [0.25, 0.3) is 5.91 Å². The fourth-order valence-electron chi connectivity index (χ4n) is 3.55. The molecule has 2 aromatic carbocycles. The van der Waals surface area contributed by atoms with E-state index in [0.29, 0.717) is 0 Å². The van der Waals surface area contributed by atoms with Gasteiger partial charge in [-0.25, -0.2) is 0 Å². The Kier molecular flexibility index (Phi) is 3.11. The van der Waals surface area contributed by atoms with Crippen molar-refractivity contribution in [1.82, 2.24) is 4.57 Å². The van der Waals surface area contributed by atoms with E-state index in [2.05, 4.69) is 18.2 Å². The maximum absolute atomic E-state index is 13.1. The van der Waals surface area contributed by atoms with Gasteiger partial charge >= 0.3 is 0 Å². The maximum Gasteiger partial charge on any atom is 0.262 e. The standard InChI is InChI=1S/C20H19NO/c1-14-10-12-15(13-11-14)20(22)21-18-8-4-2-6-16(18)17-7-3-5-9-19(17)21/h2,4,6,8,10-13H,3,5,7,9H2,1H3. The molecule has 1 aliphatic carbocycles. The van der Waals surface area contributed by atoms with Crippen molar-refractivity contribution >= 4 is 16.8 Å². The summed E-state index contributed by atoms with van der Waals surface area (Å²) in [6, 6.07) is 16.2. The fraction of sp³-hybridized carbons (Fsp3) is 0.250. The van der Waals surface area contributed by atoms with Crippen molar-refractivity contribution in [3.63, 3.8) is 0 Å². The zero-order valence-corrected chi connectivity index (χ0v) is 12.8. The highest BCUT2D eigenvalue weighted by molar-refractivity contribution is 6.04. The first-order valence-corrected chi connectivity index (χ1v) is 7.98. The Morgan fingerprint density at radius 1 is 0.955 bits per heavy atom. The maximum atomic E-state index is 13.1. The average molecular weight is 289 g/mol. The van der Waals surface area contributed by atoms with Crippen LogP contribution in [0.2, 0.25) is 0 Å². The number of nitrogens with zero attached hydrogens (tertiary/aromatic N) is 1. The number of hydrogen-bond donors (Lipinski definition) is 0. The van der Waals surface area contributed by atoms with Gasteiger partial charge in [0.05, 0.1) is 5.52 Å². The zero-order chi connectivity index (χ0) is 15.1. The summed E-state index contributed by atoms with van der Waals surface area (Å²) in [6.45, 7) is 2.04. The van der Waals surface area contributed by atoms with Gasteiger partial charge in [-0.1, -0.05) is 35.9 Å². The SMILES string of the molecule is Cc1ccc(C(=O)n2c3c(c4ccccc42)CCCC3)cc1. The normalized spacial score (nSPS) is 14.0. The van der Waals surface area contributed by atoms with Crippen molar-refractivity contribution in [2.24, 2.45) is 0 Å². The smallest absolute Gasteiger partial charge is 0.262 e. The lowest BCUT2D eigenvalue weighted by molar-refractivity contribution is 0.0961. The van der Waals surface area contributed by atoms with E-state index in [4.69, 9.17) is 0 Å². The molecule has 0 fully saturated rings. The summed E-state index contributed by atoms with van der Waals surface area (Å²) in [5.41, 5.74) is 5.59. The Hall–Kier alpha value is -2.35. The molecule has 0 atom stereocenters. The lowest BCUT2D eigenvalue weighted by Crippen LogP contribution is -2.17. The third-order valence-corrected chi connectivity index (χ3v) is 4.68. The first-order valence-electron chi connectivity index (χ1n) is 7.98. The first-order chi connectivity index (χ1) is 10.8. The number of carbonyl (C=O) groups excluding carboxylic acids is 1. The largest absolute Gasteiger partial charge is 0.280 e. The summed E-state index contributed by atoms with van der Waals surface area (Å²) < 4.78 is 1.95. The molecule has 0 saturated heterocycles. The predicted molar refractivity (Wildman–Crippen MR) is 89.5 cm³/mol. The monoisotopic (exact) mass is 289 g/mol. The number of fused-ring (bicyclic) bond motifs is 3. The van der Waals surface area contributed by atoms with Gasteiger partial charge in [-0.3, -0.25) is 9.36 Å². The predicted octanol–water partition coefficient (Wildman–Crippen LogP) is 4.52. The molecule has 2 heteroatoms. The molecule has 1 aromatic heterocycles. The van der Waals surface area contributed by atoms with Crippen LogP contribution >= 0.6 is 0 Å². The van der Waals surface area contributed by atoms with Gasteiger partial charge in [0.2, 0.25) is 0 Å². The van der Waals surface area contributed by atoms with E-state index in [0.717, 1.165) is 23.9 Å². The molecule has 2 nitrogen and oxygen atoms in total. The summed E-state index contributed by atoms with van der Waals surface area (Å²) in [4.78, 5) is 13.1. The number of rotatable bonds is 1. The highest BCUT2D eigenvalue weighted by Gasteiger charge is 2.23. The van der Waals surface area contributed by atoms with Crippen LogP contribution in [-0.2, 0) is 12.8 Å². The van der Waals surface area contributed by atoms with Gasteiger partial charge in [-0.15, -0.1) is 0 Å². The molecule has 0 amide bonds. The van der Waals surface area contributed by atoms with Crippen molar-refractivity contribution in [3.05, 3.63) is 70.9 Å². The van der Waals surface area contributed by atoms with Crippen LogP contribution in [0.25, 0.3) is 10.9 Å².